The van der Waals surface area contributed by atoms with E-state index in [4.69, 9.17) is 5.73 Å². The molecule has 0 fully saturated rings. The van der Waals surface area contributed by atoms with Gasteiger partial charge < -0.3 is 21.5 Å². The third-order valence-electron chi connectivity index (χ3n) is 2.48. The molecule has 0 bridgehead atoms. The van der Waals surface area contributed by atoms with Gasteiger partial charge in [0.1, 0.15) is 0 Å². The van der Waals surface area contributed by atoms with Gasteiger partial charge in [0.05, 0.1) is 30.5 Å². The molecule has 0 aliphatic carbocycles. The van der Waals surface area contributed by atoms with E-state index < -0.39 is 23.7 Å². The molecule has 0 spiro atoms. The van der Waals surface area contributed by atoms with Crippen molar-refractivity contribution in [3.63, 3.8) is 0 Å². The van der Waals surface area contributed by atoms with Gasteiger partial charge >= 0.3 is 5.97 Å². The fourth-order valence-corrected chi connectivity index (χ4v) is 5.98. The van der Waals surface area contributed by atoms with E-state index in [0.717, 1.165) is 0 Å². The highest BCUT2D eigenvalue weighted by Crippen LogP contribution is 2.35. The highest BCUT2D eigenvalue weighted by molar-refractivity contribution is 14.1. The third-order valence-corrected chi connectivity index (χ3v) is 5.72. The maximum Gasteiger partial charge on any atom is 0.337 e. The van der Waals surface area contributed by atoms with Gasteiger partial charge in [-0.2, -0.15) is 0 Å². The fourth-order valence-electron chi connectivity index (χ4n) is 1.59. The summed E-state index contributed by atoms with van der Waals surface area (Å²) < 4.78 is 0.893. The number of nitrogens with one attached hydrogen (secondary N) is 2. The standard InChI is InChI=1S/C12H10I3N3O5/c1-3(19)18-10-8(14)5(11(21)17-2-4(16)20)7(13)6(9(10)15)12(22)23/h2H2,1H3,(H2,16,20)(H,17,21)(H,18,19)(H,22,23). The van der Waals surface area contributed by atoms with Crippen LogP contribution >= 0.6 is 67.8 Å². The largest absolute Gasteiger partial charge is 0.478 e. The first kappa shape index (κ1) is 20.3. The summed E-state index contributed by atoms with van der Waals surface area (Å²) in [5.74, 6) is -3.01. The molecule has 0 saturated heterocycles. The summed E-state index contributed by atoms with van der Waals surface area (Å²) in [4.78, 5) is 45.9. The minimum atomic E-state index is -1.23. The molecule has 8 nitrogen and oxygen atoms in total. The zero-order valence-electron chi connectivity index (χ0n) is 11.5. The maximum atomic E-state index is 12.3. The number of carbonyl (C=O) groups is 4. The third kappa shape index (κ3) is 4.88. The SMILES string of the molecule is CC(=O)Nc1c(I)c(C(=O)O)c(I)c(C(=O)NCC(N)=O)c1I. The smallest absolute Gasteiger partial charge is 0.337 e. The van der Waals surface area contributed by atoms with Gasteiger partial charge in [-0.25, -0.2) is 4.79 Å². The first-order valence-electron chi connectivity index (χ1n) is 5.85. The van der Waals surface area contributed by atoms with Crippen LogP contribution in [0, 0.1) is 10.7 Å². The Hall–Kier alpha value is -0.710. The molecule has 0 aliphatic rings. The van der Waals surface area contributed by atoms with Crippen molar-refractivity contribution in [2.45, 2.75) is 6.92 Å². The van der Waals surface area contributed by atoms with Crippen LogP contribution < -0.4 is 16.4 Å². The number of benzene rings is 1. The van der Waals surface area contributed by atoms with Crippen LogP contribution in [0.2, 0.25) is 0 Å². The molecule has 23 heavy (non-hydrogen) atoms. The minimum absolute atomic E-state index is 0.0639. The van der Waals surface area contributed by atoms with Crippen LogP contribution in [0.15, 0.2) is 0 Å². The van der Waals surface area contributed by atoms with Gasteiger partial charge in [0.25, 0.3) is 5.91 Å². The summed E-state index contributed by atoms with van der Waals surface area (Å²) in [5, 5.41) is 14.2. The van der Waals surface area contributed by atoms with Gasteiger partial charge in [-0.15, -0.1) is 0 Å². The van der Waals surface area contributed by atoms with Gasteiger partial charge in [0.15, 0.2) is 0 Å². The molecule has 1 aromatic carbocycles. The molecule has 0 radical (unpaired) electrons. The second-order valence-electron chi connectivity index (χ2n) is 4.20. The normalized spacial score (nSPS) is 10.1. The van der Waals surface area contributed by atoms with Crippen LogP contribution in [0.25, 0.3) is 0 Å². The highest BCUT2D eigenvalue weighted by atomic mass is 127. The number of aromatic carboxylic acids is 1. The first-order chi connectivity index (χ1) is 10.6. The van der Waals surface area contributed by atoms with E-state index in [1.165, 1.54) is 6.92 Å². The van der Waals surface area contributed by atoms with Gasteiger partial charge in [-0.1, -0.05) is 0 Å². The van der Waals surface area contributed by atoms with Crippen molar-refractivity contribution in [1.29, 1.82) is 0 Å². The minimum Gasteiger partial charge on any atom is -0.478 e. The number of carboxylic acid groups (broad SMARTS) is 1. The van der Waals surface area contributed by atoms with E-state index in [0.29, 0.717) is 7.14 Å². The Morgan fingerprint density at radius 2 is 1.57 bits per heavy atom. The van der Waals surface area contributed by atoms with Crippen LogP contribution in [0.1, 0.15) is 27.6 Å². The Labute approximate surface area is 171 Å². The predicted octanol–water partition coefficient (Wildman–Crippen LogP) is 1.37. The number of amides is 3. The van der Waals surface area contributed by atoms with Crippen LogP contribution in [0.3, 0.4) is 0 Å². The molecule has 0 saturated carbocycles. The Morgan fingerprint density at radius 1 is 1.04 bits per heavy atom. The zero-order chi connectivity index (χ0) is 17.9. The van der Waals surface area contributed by atoms with E-state index >= 15 is 0 Å². The van der Waals surface area contributed by atoms with E-state index in [1.54, 1.807) is 45.2 Å². The van der Waals surface area contributed by atoms with Crippen molar-refractivity contribution < 1.29 is 24.3 Å². The second kappa shape index (κ2) is 8.41. The fraction of sp³-hybridized carbons (Fsp3) is 0.167. The first-order valence-corrected chi connectivity index (χ1v) is 9.09. The molecule has 0 heterocycles. The number of hydrogen-bond donors (Lipinski definition) is 4. The summed E-state index contributed by atoms with van der Waals surface area (Å²) in [6, 6.07) is 0. The quantitative estimate of drug-likeness (QED) is 0.355. The van der Waals surface area contributed by atoms with Gasteiger partial charge in [0, 0.05) is 10.5 Å². The second-order valence-corrected chi connectivity index (χ2v) is 7.44. The summed E-state index contributed by atoms with van der Waals surface area (Å²) in [6.07, 6.45) is 0. The van der Waals surface area contributed by atoms with Crippen molar-refractivity contribution in [3.05, 3.63) is 21.8 Å². The van der Waals surface area contributed by atoms with E-state index in [9.17, 15) is 24.3 Å². The lowest BCUT2D eigenvalue weighted by Crippen LogP contribution is -2.34. The van der Waals surface area contributed by atoms with Gasteiger partial charge in [-0.3, -0.25) is 14.4 Å². The summed E-state index contributed by atoms with van der Waals surface area (Å²) in [5.41, 5.74) is 5.19. The van der Waals surface area contributed by atoms with Crippen LogP contribution in [0.4, 0.5) is 5.69 Å². The molecule has 3 amide bonds. The average Bonchev–Trinajstić information content (AvgIpc) is 2.40. The van der Waals surface area contributed by atoms with Crippen LogP contribution in [0.5, 0.6) is 0 Å². The Balaban J connectivity index is 3.58. The van der Waals surface area contributed by atoms with Crippen molar-refractivity contribution in [1.82, 2.24) is 5.32 Å². The number of hydrogen-bond acceptors (Lipinski definition) is 4. The maximum absolute atomic E-state index is 12.3. The monoisotopic (exact) mass is 657 g/mol. The molecule has 0 atom stereocenters. The number of halogens is 3. The number of primary amides is 1. The zero-order valence-corrected chi connectivity index (χ0v) is 18.0. The molecule has 1 rings (SSSR count). The van der Waals surface area contributed by atoms with Crippen molar-refractivity contribution in [3.8, 4) is 0 Å². The van der Waals surface area contributed by atoms with Crippen molar-refractivity contribution in [2.75, 3.05) is 11.9 Å². The van der Waals surface area contributed by atoms with Crippen LogP contribution in [-0.4, -0.2) is 35.3 Å². The number of carboxylic acids is 1. The lowest BCUT2D eigenvalue weighted by molar-refractivity contribution is -0.117. The number of rotatable bonds is 5. The summed E-state index contributed by atoms with van der Waals surface area (Å²) in [6.45, 7) is 0.895. The Morgan fingerprint density at radius 3 is 2.00 bits per heavy atom. The lowest BCUT2D eigenvalue weighted by Gasteiger charge is -2.17. The molecular formula is C12H10I3N3O5. The van der Waals surface area contributed by atoms with E-state index in [1.807, 2.05) is 22.6 Å². The summed E-state index contributed by atoms with van der Waals surface area (Å²) >= 11 is 5.40. The van der Waals surface area contributed by atoms with Crippen molar-refractivity contribution in [2.24, 2.45) is 5.73 Å². The van der Waals surface area contributed by atoms with E-state index in [-0.39, 0.29) is 26.9 Å². The van der Waals surface area contributed by atoms with E-state index in [2.05, 4.69) is 10.6 Å². The number of nitrogens with two attached hydrogens (primary N) is 1. The van der Waals surface area contributed by atoms with Crippen LogP contribution in [-0.2, 0) is 9.59 Å². The number of anilines is 1. The number of carbonyl (C=O) groups excluding carboxylic acids is 3. The Bertz CT molecular complexity index is 721. The summed E-state index contributed by atoms with van der Waals surface area (Å²) in [7, 11) is 0. The topological polar surface area (TPSA) is 139 Å². The molecule has 0 unspecified atom stereocenters. The molecule has 11 heteroatoms. The molecule has 1 aromatic rings. The van der Waals surface area contributed by atoms with Gasteiger partial charge in [-0.05, 0) is 67.8 Å². The average molecular weight is 657 g/mol. The molecule has 0 aromatic heterocycles. The lowest BCUT2D eigenvalue weighted by atomic mass is 10.1. The Kier molecular flexibility index (Phi) is 7.43. The van der Waals surface area contributed by atoms with Crippen molar-refractivity contribution >= 4 is 97.2 Å². The predicted molar refractivity (Wildman–Crippen MR) is 107 cm³/mol. The molecular weight excluding hydrogens is 647 g/mol. The van der Waals surface area contributed by atoms with Gasteiger partial charge in [0.2, 0.25) is 11.8 Å². The molecule has 124 valence electrons. The molecule has 0 aliphatic heterocycles. The molecule has 5 N–H and O–H groups in total. The highest BCUT2D eigenvalue weighted by Gasteiger charge is 2.28.